The van der Waals surface area contributed by atoms with Crippen molar-refractivity contribution in [2.75, 3.05) is 37.7 Å². The van der Waals surface area contributed by atoms with Crippen LogP contribution in [0.4, 0.5) is 0 Å². The number of amides is 1. The number of nitriles is 1. The smallest absolute Gasteiger partial charge is 0.224 e. The molecule has 0 radical (unpaired) electrons. The van der Waals surface area contributed by atoms with Gasteiger partial charge in [0.2, 0.25) is 5.91 Å². The van der Waals surface area contributed by atoms with Crippen molar-refractivity contribution in [1.82, 2.24) is 10.2 Å². The summed E-state index contributed by atoms with van der Waals surface area (Å²) in [6.45, 7) is 1.45. The number of rotatable bonds is 2. The van der Waals surface area contributed by atoms with E-state index in [-0.39, 0.29) is 36.4 Å². The lowest BCUT2D eigenvalue weighted by Gasteiger charge is -2.31. The summed E-state index contributed by atoms with van der Waals surface area (Å²) >= 11 is 0. The lowest BCUT2D eigenvalue weighted by molar-refractivity contribution is -0.137. The van der Waals surface area contributed by atoms with Gasteiger partial charge in [-0.05, 0) is 0 Å². The summed E-state index contributed by atoms with van der Waals surface area (Å²) in [6.07, 6.45) is -0.432. The molecule has 2 heterocycles. The van der Waals surface area contributed by atoms with Gasteiger partial charge in [-0.2, -0.15) is 5.26 Å². The highest BCUT2D eigenvalue weighted by Crippen LogP contribution is 2.10. The minimum Gasteiger partial charge on any atom is -0.360 e. The van der Waals surface area contributed by atoms with E-state index in [2.05, 4.69) is 5.32 Å². The quantitative estimate of drug-likeness (QED) is 0.664. The number of nitrogens with one attached hydrogen (secondary N) is 1. The monoisotopic (exact) mass is 287 g/mol. The van der Waals surface area contributed by atoms with E-state index in [1.165, 1.54) is 0 Å². The summed E-state index contributed by atoms with van der Waals surface area (Å²) in [5, 5.41) is 11.8. The van der Waals surface area contributed by atoms with Gasteiger partial charge in [0, 0.05) is 25.6 Å². The van der Waals surface area contributed by atoms with Gasteiger partial charge in [-0.1, -0.05) is 0 Å². The third-order valence-corrected chi connectivity index (χ3v) is 5.02. The van der Waals surface area contributed by atoms with Gasteiger partial charge >= 0.3 is 0 Å². The number of carbonyl (C=O) groups excluding carboxylic acids is 1. The van der Waals surface area contributed by atoms with Gasteiger partial charge in [0.25, 0.3) is 0 Å². The SMILES string of the molecule is N#CC1CN(C(=O)CC2CS(=O)(=O)CCN2)CCO1. The molecule has 1 amide bonds. The van der Waals surface area contributed by atoms with Crippen LogP contribution >= 0.6 is 0 Å². The van der Waals surface area contributed by atoms with Gasteiger partial charge < -0.3 is 15.0 Å². The first-order valence-electron chi connectivity index (χ1n) is 6.23. The fraction of sp³-hybridized carbons (Fsp3) is 0.818. The molecule has 0 aromatic rings. The maximum Gasteiger partial charge on any atom is 0.224 e. The molecule has 2 saturated heterocycles. The van der Waals surface area contributed by atoms with Gasteiger partial charge in [-0.15, -0.1) is 0 Å². The molecule has 0 aromatic heterocycles. The normalized spacial score (nSPS) is 30.6. The van der Waals surface area contributed by atoms with E-state index in [4.69, 9.17) is 10.00 Å². The van der Waals surface area contributed by atoms with Crippen LogP contribution in [-0.2, 0) is 19.4 Å². The van der Waals surface area contributed by atoms with Crippen LogP contribution in [0.15, 0.2) is 0 Å². The summed E-state index contributed by atoms with van der Waals surface area (Å²) < 4.78 is 28.1. The second-order valence-corrected chi connectivity index (χ2v) is 7.03. The van der Waals surface area contributed by atoms with E-state index in [1.54, 1.807) is 4.90 Å². The van der Waals surface area contributed by atoms with Crippen LogP contribution in [0.1, 0.15) is 6.42 Å². The van der Waals surface area contributed by atoms with Crippen molar-refractivity contribution in [2.45, 2.75) is 18.6 Å². The molecular weight excluding hydrogens is 270 g/mol. The molecule has 106 valence electrons. The fourth-order valence-corrected chi connectivity index (χ4v) is 3.74. The maximum atomic E-state index is 12.1. The molecule has 2 aliphatic rings. The first kappa shape index (κ1) is 14.2. The molecule has 1 N–H and O–H groups in total. The second kappa shape index (κ2) is 5.86. The summed E-state index contributed by atoms with van der Waals surface area (Å²) in [5.74, 6) is 0.00871. The molecule has 0 spiro atoms. The predicted molar refractivity (Wildman–Crippen MR) is 67.0 cm³/mol. The third kappa shape index (κ3) is 3.89. The number of morpholine rings is 1. The van der Waals surface area contributed by atoms with Crippen LogP contribution in [0.3, 0.4) is 0 Å². The van der Waals surface area contributed by atoms with Crippen molar-refractivity contribution in [2.24, 2.45) is 0 Å². The Balaban J connectivity index is 1.88. The lowest BCUT2D eigenvalue weighted by atomic mass is 10.2. The molecule has 0 aliphatic carbocycles. The molecule has 0 bridgehead atoms. The average molecular weight is 287 g/mol. The van der Waals surface area contributed by atoms with Crippen LogP contribution in [0, 0.1) is 11.3 Å². The molecule has 2 unspecified atom stereocenters. The van der Waals surface area contributed by atoms with E-state index in [9.17, 15) is 13.2 Å². The van der Waals surface area contributed by atoms with Crippen molar-refractivity contribution in [1.29, 1.82) is 5.26 Å². The van der Waals surface area contributed by atoms with Gasteiger partial charge in [0.1, 0.15) is 0 Å². The van der Waals surface area contributed by atoms with Crippen molar-refractivity contribution >= 4 is 15.7 Å². The Hall–Kier alpha value is -1.17. The molecule has 2 atom stereocenters. The third-order valence-electron chi connectivity index (χ3n) is 3.29. The van der Waals surface area contributed by atoms with Gasteiger partial charge in [0.05, 0.1) is 30.7 Å². The molecule has 7 nitrogen and oxygen atoms in total. The van der Waals surface area contributed by atoms with Crippen LogP contribution in [-0.4, -0.2) is 69.1 Å². The molecule has 0 saturated carbocycles. The highest BCUT2D eigenvalue weighted by atomic mass is 32.2. The topological polar surface area (TPSA) is 99.5 Å². The molecular formula is C11H17N3O4S. The standard InChI is InChI=1S/C11H17N3O4S/c12-6-10-7-14(2-3-18-10)11(15)5-9-8-19(16,17)4-1-13-9/h9-10,13H,1-5,7-8H2. The minimum atomic E-state index is -3.03. The Morgan fingerprint density at radius 2 is 2.32 bits per heavy atom. The van der Waals surface area contributed by atoms with E-state index >= 15 is 0 Å². The first-order valence-corrected chi connectivity index (χ1v) is 8.05. The molecule has 2 fully saturated rings. The second-order valence-electron chi connectivity index (χ2n) is 4.80. The molecule has 0 aromatic carbocycles. The van der Waals surface area contributed by atoms with Gasteiger partial charge in [0.15, 0.2) is 15.9 Å². The number of sulfone groups is 1. The van der Waals surface area contributed by atoms with Gasteiger partial charge in [-0.25, -0.2) is 8.42 Å². The maximum absolute atomic E-state index is 12.1. The molecule has 8 heteroatoms. The average Bonchev–Trinajstić information content (AvgIpc) is 2.37. The Morgan fingerprint density at radius 3 is 3.00 bits per heavy atom. The number of hydrogen-bond acceptors (Lipinski definition) is 6. The van der Waals surface area contributed by atoms with Crippen LogP contribution in [0.5, 0.6) is 0 Å². The van der Waals surface area contributed by atoms with Crippen molar-refractivity contribution in [3.8, 4) is 6.07 Å². The van der Waals surface area contributed by atoms with Crippen LogP contribution in [0.2, 0.25) is 0 Å². The van der Waals surface area contributed by atoms with E-state index < -0.39 is 15.9 Å². The number of carbonyl (C=O) groups is 1. The zero-order chi connectivity index (χ0) is 13.9. The zero-order valence-corrected chi connectivity index (χ0v) is 11.4. The highest BCUT2D eigenvalue weighted by Gasteiger charge is 2.29. The fourth-order valence-electron chi connectivity index (χ4n) is 2.29. The summed E-state index contributed by atoms with van der Waals surface area (Å²) in [5.41, 5.74) is 0. The van der Waals surface area contributed by atoms with Crippen molar-refractivity contribution in [3.05, 3.63) is 0 Å². The number of ether oxygens (including phenoxy) is 1. The Bertz CT molecular complexity index is 485. The highest BCUT2D eigenvalue weighted by molar-refractivity contribution is 7.91. The van der Waals surface area contributed by atoms with E-state index in [0.29, 0.717) is 19.7 Å². The summed E-state index contributed by atoms with van der Waals surface area (Å²) in [6, 6.07) is 1.65. The first-order chi connectivity index (χ1) is 9.00. The molecule has 19 heavy (non-hydrogen) atoms. The Kier molecular flexibility index (Phi) is 4.39. The van der Waals surface area contributed by atoms with E-state index in [1.807, 2.05) is 6.07 Å². The van der Waals surface area contributed by atoms with Crippen molar-refractivity contribution in [3.63, 3.8) is 0 Å². The van der Waals surface area contributed by atoms with Crippen LogP contribution < -0.4 is 5.32 Å². The molecule has 2 aliphatic heterocycles. The van der Waals surface area contributed by atoms with Crippen LogP contribution in [0.25, 0.3) is 0 Å². The van der Waals surface area contributed by atoms with Gasteiger partial charge in [-0.3, -0.25) is 4.79 Å². The molecule has 2 rings (SSSR count). The largest absolute Gasteiger partial charge is 0.360 e. The number of hydrogen-bond donors (Lipinski definition) is 1. The van der Waals surface area contributed by atoms with Crippen molar-refractivity contribution < 1.29 is 17.9 Å². The summed E-state index contributed by atoms with van der Waals surface area (Å²) in [7, 11) is -3.03. The Labute approximate surface area is 112 Å². The number of nitrogens with zero attached hydrogens (tertiary/aromatic N) is 2. The minimum absolute atomic E-state index is 0.00472. The lowest BCUT2D eigenvalue weighted by Crippen LogP contribution is -2.50. The Morgan fingerprint density at radius 1 is 1.53 bits per heavy atom. The summed E-state index contributed by atoms with van der Waals surface area (Å²) in [4.78, 5) is 13.6. The van der Waals surface area contributed by atoms with E-state index in [0.717, 1.165) is 0 Å². The predicted octanol–water partition coefficient (Wildman–Crippen LogP) is -1.49. The zero-order valence-electron chi connectivity index (χ0n) is 10.5.